The lowest BCUT2D eigenvalue weighted by Gasteiger charge is -2.44. The lowest BCUT2D eigenvalue weighted by Crippen LogP contribution is -2.36. The van der Waals surface area contributed by atoms with Gasteiger partial charge in [-0.3, -0.25) is 4.79 Å². The Bertz CT molecular complexity index is 989. The van der Waals surface area contributed by atoms with E-state index in [0.29, 0.717) is 43.4 Å². The van der Waals surface area contributed by atoms with Gasteiger partial charge >= 0.3 is 0 Å². The standard InChI is InChI=1S/C39H67NO4/c1-9-10-26-44-38(6,7)28-36(41)40-24-13-25-43-33-19-16-29(2)32(27-33)18-17-31-15-12-23-39(8)34(20-21-35(31)39)30(3)14-11-22-37(4,5)42/h17-18,30,33-35,42H,2,9-16,19-28H2,1,3-8H3,(H,40,41)/b31-17+,32-18-/t30-,33+,34?,35+,39-/m1/s1. The number of unbranched alkanes of at least 4 members (excludes halogenated alkanes) is 1. The average molecular weight is 614 g/mol. The van der Waals surface area contributed by atoms with Crippen LogP contribution in [0, 0.1) is 23.2 Å². The van der Waals surface area contributed by atoms with Crippen molar-refractivity contribution in [3.63, 3.8) is 0 Å². The van der Waals surface area contributed by atoms with E-state index in [4.69, 9.17) is 9.47 Å². The second-order valence-corrected chi connectivity index (χ2v) is 15.9. The second kappa shape index (κ2) is 16.9. The van der Waals surface area contributed by atoms with Gasteiger partial charge in [-0.1, -0.05) is 69.9 Å². The van der Waals surface area contributed by atoms with Gasteiger partial charge in [0.2, 0.25) is 5.91 Å². The Hall–Kier alpha value is -1.43. The predicted octanol–water partition coefficient (Wildman–Crippen LogP) is 9.25. The number of ether oxygens (including phenoxy) is 2. The first-order valence-electron chi connectivity index (χ1n) is 18.1. The molecule has 3 saturated carbocycles. The third kappa shape index (κ3) is 11.4. The number of carbonyl (C=O) groups is 1. The molecule has 0 aromatic rings. The smallest absolute Gasteiger partial charge is 0.222 e. The molecule has 44 heavy (non-hydrogen) atoms. The van der Waals surface area contributed by atoms with Crippen molar-refractivity contribution in [2.24, 2.45) is 23.2 Å². The van der Waals surface area contributed by atoms with Gasteiger partial charge in [-0.15, -0.1) is 0 Å². The Balaban J connectivity index is 1.46. The summed E-state index contributed by atoms with van der Waals surface area (Å²) in [6, 6.07) is 0. The number of aliphatic hydroxyl groups is 1. The van der Waals surface area contributed by atoms with Crippen LogP contribution < -0.4 is 5.32 Å². The van der Waals surface area contributed by atoms with Crippen LogP contribution >= 0.6 is 0 Å². The zero-order valence-corrected chi connectivity index (χ0v) is 29.6. The first-order chi connectivity index (χ1) is 20.7. The highest BCUT2D eigenvalue weighted by Crippen LogP contribution is 2.60. The maximum Gasteiger partial charge on any atom is 0.222 e. The van der Waals surface area contributed by atoms with Gasteiger partial charge in [0, 0.05) is 19.8 Å². The molecule has 0 saturated heterocycles. The van der Waals surface area contributed by atoms with Gasteiger partial charge in [-0.25, -0.2) is 0 Å². The van der Waals surface area contributed by atoms with E-state index in [-0.39, 0.29) is 12.0 Å². The van der Waals surface area contributed by atoms with E-state index in [1.54, 1.807) is 5.57 Å². The van der Waals surface area contributed by atoms with Crippen LogP contribution in [-0.4, -0.2) is 48.1 Å². The van der Waals surface area contributed by atoms with Crippen LogP contribution in [0.3, 0.4) is 0 Å². The summed E-state index contributed by atoms with van der Waals surface area (Å²) in [6.07, 6.45) is 21.1. The number of rotatable bonds is 17. The van der Waals surface area contributed by atoms with Crippen molar-refractivity contribution in [2.45, 2.75) is 162 Å². The summed E-state index contributed by atoms with van der Waals surface area (Å²) in [7, 11) is 0. The molecule has 0 bridgehead atoms. The molecule has 1 unspecified atom stereocenters. The number of hydrogen-bond donors (Lipinski definition) is 2. The summed E-state index contributed by atoms with van der Waals surface area (Å²) in [5.74, 6) is 2.24. The second-order valence-electron chi connectivity index (χ2n) is 15.9. The van der Waals surface area contributed by atoms with Crippen molar-refractivity contribution in [2.75, 3.05) is 19.8 Å². The molecule has 3 aliphatic rings. The first kappa shape index (κ1) is 37.0. The molecule has 3 aliphatic carbocycles. The third-order valence-electron chi connectivity index (χ3n) is 10.9. The van der Waals surface area contributed by atoms with Crippen LogP contribution in [0.4, 0.5) is 0 Å². The molecule has 5 atom stereocenters. The fourth-order valence-electron chi connectivity index (χ4n) is 8.34. The number of carbonyl (C=O) groups excluding carboxylic acids is 1. The molecule has 0 spiro atoms. The topological polar surface area (TPSA) is 67.8 Å². The zero-order valence-electron chi connectivity index (χ0n) is 29.6. The number of fused-ring (bicyclic) bond motifs is 1. The van der Waals surface area contributed by atoms with Gasteiger partial charge in [0.05, 0.1) is 23.7 Å². The fourth-order valence-corrected chi connectivity index (χ4v) is 8.34. The summed E-state index contributed by atoms with van der Waals surface area (Å²) in [6.45, 7) is 21.5. The maximum atomic E-state index is 12.4. The largest absolute Gasteiger partial charge is 0.390 e. The molecule has 0 heterocycles. The Labute approximate surface area is 270 Å². The zero-order chi connectivity index (χ0) is 32.4. The normalized spacial score (nSPS) is 28.8. The van der Waals surface area contributed by atoms with Gasteiger partial charge in [0.15, 0.2) is 0 Å². The quantitative estimate of drug-likeness (QED) is 0.161. The molecule has 3 fully saturated rings. The van der Waals surface area contributed by atoms with Crippen LogP contribution in [0.25, 0.3) is 0 Å². The number of nitrogens with one attached hydrogen (secondary N) is 1. The monoisotopic (exact) mass is 614 g/mol. The summed E-state index contributed by atoms with van der Waals surface area (Å²) in [5, 5.41) is 13.2. The summed E-state index contributed by atoms with van der Waals surface area (Å²) in [5.41, 5.74) is 3.70. The lowest BCUT2D eigenvalue weighted by molar-refractivity contribution is -0.127. The molecule has 0 aromatic heterocycles. The summed E-state index contributed by atoms with van der Waals surface area (Å²) >= 11 is 0. The Morgan fingerprint density at radius 1 is 1.11 bits per heavy atom. The summed E-state index contributed by atoms with van der Waals surface area (Å²) in [4.78, 5) is 12.4. The minimum atomic E-state index is -0.554. The van der Waals surface area contributed by atoms with Gasteiger partial charge in [0.25, 0.3) is 0 Å². The number of allylic oxidation sites excluding steroid dienone is 4. The molecule has 0 aromatic carbocycles. The van der Waals surface area contributed by atoms with Gasteiger partial charge < -0.3 is 19.9 Å². The predicted molar refractivity (Wildman–Crippen MR) is 184 cm³/mol. The average Bonchev–Trinajstić information content (AvgIpc) is 3.29. The van der Waals surface area contributed by atoms with Crippen molar-refractivity contribution in [1.29, 1.82) is 0 Å². The molecule has 2 N–H and O–H groups in total. The van der Waals surface area contributed by atoms with Crippen LogP contribution in [0.5, 0.6) is 0 Å². The van der Waals surface area contributed by atoms with E-state index in [2.05, 4.69) is 44.8 Å². The van der Waals surface area contributed by atoms with E-state index < -0.39 is 11.2 Å². The Kier molecular flexibility index (Phi) is 14.2. The molecular weight excluding hydrogens is 546 g/mol. The van der Waals surface area contributed by atoms with Gasteiger partial charge in [-0.05, 0) is 127 Å². The molecule has 3 rings (SSSR count). The molecule has 5 nitrogen and oxygen atoms in total. The van der Waals surface area contributed by atoms with Crippen LogP contribution in [0.2, 0.25) is 0 Å². The minimum Gasteiger partial charge on any atom is -0.390 e. The summed E-state index contributed by atoms with van der Waals surface area (Å²) < 4.78 is 12.2. The van der Waals surface area contributed by atoms with E-state index >= 15 is 0 Å². The van der Waals surface area contributed by atoms with Crippen LogP contribution in [-0.2, 0) is 14.3 Å². The molecular formula is C39H67NO4. The van der Waals surface area contributed by atoms with Crippen molar-refractivity contribution in [3.05, 3.63) is 35.5 Å². The Morgan fingerprint density at radius 2 is 1.89 bits per heavy atom. The molecule has 1 amide bonds. The van der Waals surface area contributed by atoms with Crippen molar-refractivity contribution in [3.8, 4) is 0 Å². The van der Waals surface area contributed by atoms with E-state index in [1.165, 1.54) is 49.7 Å². The lowest BCUT2D eigenvalue weighted by atomic mass is 9.60. The van der Waals surface area contributed by atoms with Gasteiger partial charge in [-0.2, -0.15) is 0 Å². The van der Waals surface area contributed by atoms with E-state index in [0.717, 1.165) is 57.3 Å². The van der Waals surface area contributed by atoms with Crippen LogP contribution in [0.1, 0.15) is 145 Å². The third-order valence-corrected chi connectivity index (χ3v) is 10.9. The SMILES string of the molecule is C=C1CC[C@H](OCCCNC(=O)CC(C)(C)OCCCC)C/C1=C/C=C1\CCC[C@]2(C)C([C@H](C)CCCC(C)(C)O)CC[C@@H]12. The highest BCUT2D eigenvalue weighted by atomic mass is 16.5. The van der Waals surface area contributed by atoms with Crippen molar-refractivity contribution < 1.29 is 19.4 Å². The molecule has 0 radical (unpaired) electrons. The minimum absolute atomic E-state index is 0.0475. The fraction of sp³-hybridized carbons (Fsp3) is 0.821. The van der Waals surface area contributed by atoms with Crippen LogP contribution in [0.15, 0.2) is 35.5 Å². The maximum absolute atomic E-state index is 12.4. The highest BCUT2D eigenvalue weighted by Gasteiger charge is 2.50. The highest BCUT2D eigenvalue weighted by molar-refractivity contribution is 5.76. The number of hydrogen-bond acceptors (Lipinski definition) is 4. The van der Waals surface area contributed by atoms with Crippen molar-refractivity contribution >= 4 is 5.91 Å². The first-order valence-corrected chi connectivity index (χ1v) is 18.1. The molecule has 0 aliphatic heterocycles. The van der Waals surface area contributed by atoms with E-state index in [1.807, 2.05) is 27.7 Å². The molecule has 5 heteroatoms. The Morgan fingerprint density at radius 3 is 2.61 bits per heavy atom. The van der Waals surface area contributed by atoms with Crippen molar-refractivity contribution in [1.82, 2.24) is 5.32 Å². The number of amides is 1. The molecule has 252 valence electrons. The van der Waals surface area contributed by atoms with E-state index in [9.17, 15) is 9.90 Å². The van der Waals surface area contributed by atoms with Gasteiger partial charge in [0.1, 0.15) is 0 Å².